The molecule has 0 spiro atoms. The van der Waals surface area contributed by atoms with Gasteiger partial charge in [0.25, 0.3) is 0 Å². The summed E-state index contributed by atoms with van der Waals surface area (Å²) in [6.07, 6.45) is -2.39. The zero-order valence-corrected chi connectivity index (χ0v) is 14.8. The van der Waals surface area contributed by atoms with E-state index in [0.717, 1.165) is 6.07 Å². The summed E-state index contributed by atoms with van der Waals surface area (Å²) >= 11 is 0. The second-order valence-electron chi connectivity index (χ2n) is 7.05. The number of rotatable bonds is 6. The summed E-state index contributed by atoms with van der Waals surface area (Å²) in [5, 5.41) is 0. The molecular formula is C19H20F3NO4. The average Bonchev–Trinajstić information content (AvgIpc) is 3.07. The van der Waals surface area contributed by atoms with E-state index in [9.17, 15) is 27.6 Å². The van der Waals surface area contributed by atoms with E-state index in [4.69, 9.17) is 4.74 Å². The predicted octanol–water partition coefficient (Wildman–Crippen LogP) is 3.39. The van der Waals surface area contributed by atoms with E-state index in [1.54, 1.807) is 0 Å². The predicted molar refractivity (Wildman–Crippen MR) is 87.9 cm³/mol. The first kappa shape index (κ1) is 19.7. The van der Waals surface area contributed by atoms with Crippen molar-refractivity contribution < 1.29 is 32.3 Å². The van der Waals surface area contributed by atoms with Crippen molar-refractivity contribution in [3.8, 4) is 0 Å². The maximum atomic E-state index is 13.0. The summed E-state index contributed by atoms with van der Waals surface area (Å²) in [6, 6.07) is 1.70. The third-order valence-corrected chi connectivity index (χ3v) is 5.19. The van der Waals surface area contributed by atoms with Crippen LogP contribution in [0.3, 0.4) is 0 Å². The number of ether oxygens (including phenoxy) is 1. The van der Waals surface area contributed by atoms with E-state index in [1.165, 1.54) is 0 Å². The standard InChI is InChI=1S/C19H20F3NO4/c1-2-7-27-9-13-12(5-6-14(23-13)19(20,21)22)18(26)15-16(24)10-3-4-11(8-10)17(15)25/h5-6,10-11,15H,2-4,7-9H2,1H3. The molecule has 0 radical (unpaired) electrons. The molecule has 5 nitrogen and oxygen atoms in total. The number of halogens is 3. The van der Waals surface area contributed by atoms with Crippen molar-refractivity contribution in [3.63, 3.8) is 0 Å². The van der Waals surface area contributed by atoms with Crippen LogP contribution < -0.4 is 0 Å². The summed E-state index contributed by atoms with van der Waals surface area (Å²) < 4.78 is 44.2. The van der Waals surface area contributed by atoms with Crippen LogP contribution in [0, 0.1) is 17.8 Å². The quantitative estimate of drug-likeness (QED) is 0.428. The number of fused-ring (bicyclic) bond motifs is 2. The fourth-order valence-corrected chi connectivity index (χ4v) is 3.83. The van der Waals surface area contributed by atoms with Crippen LogP contribution in [0.15, 0.2) is 12.1 Å². The minimum atomic E-state index is -4.67. The van der Waals surface area contributed by atoms with Gasteiger partial charge < -0.3 is 4.74 Å². The van der Waals surface area contributed by atoms with E-state index >= 15 is 0 Å². The molecule has 2 atom stereocenters. The van der Waals surface area contributed by atoms with Crippen molar-refractivity contribution in [1.82, 2.24) is 4.98 Å². The van der Waals surface area contributed by atoms with E-state index in [0.29, 0.717) is 31.7 Å². The Labute approximate surface area is 154 Å². The van der Waals surface area contributed by atoms with Crippen LogP contribution in [0.4, 0.5) is 13.2 Å². The topological polar surface area (TPSA) is 73.3 Å². The Morgan fingerprint density at radius 3 is 2.37 bits per heavy atom. The Hall–Kier alpha value is -2.09. The number of carbonyl (C=O) groups excluding carboxylic acids is 3. The number of alkyl halides is 3. The van der Waals surface area contributed by atoms with Crippen molar-refractivity contribution in [2.45, 2.75) is 45.4 Å². The molecule has 2 unspecified atom stereocenters. The highest BCUT2D eigenvalue weighted by molar-refractivity contribution is 6.26. The van der Waals surface area contributed by atoms with Gasteiger partial charge in [-0.05, 0) is 37.8 Å². The molecule has 2 aliphatic rings. The van der Waals surface area contributed by atoms with Crippen LogP contribution in [-0.2, 0) is 27.1 Å². The van der Waals surface area contributed by atoms with Crippen LogP contribution in [-0.4, -0.2) is 28.9 Å². The number of aromatic nitrogens is 1. The van der Waals surface area contributed by atoms with Gasteiger partial charge in [0, 0.05) is 24.0 Å². The van der Waals surface area contributed by atoms with Gasteiger partial charge in [0.05, 0.1) is 12.3 Å². The maximum absolute atomic E-state index is 13.0. The molecule has 2 saturated carbocycles. The molecule has 0 aliphatic heterocycles. The lowest BCUT2D eigenvalue weighted by molar-refractivity contribution is -0.141. The lowest BCUT2D eigenvalue weighted by Crippen LogP contribution is -2.42. The van der Waals surface area contributed by atoms with E-state index in [2.05, 4.69) is 4.98 Å². The zero-order valence-electron chi connectivity index (χ0n) is 14.8. The molecule has 1 heterocycles. The van der Waals surface area contributed by atoms with Crippen LogP contribution in [0.5, 0.6) is 0 Å². The molecule has 146 valence electrons. The summed E-state index contributed by atoms with van der Waals surface area (Å²) in [7, 11) is 0. The number of Topliss-reactive ketones (excluding diaryl/α,β-unsaturated/α-hetero) is 3. The number of nitrogens with zero attached hydrogens (tertiary/aromatic N) is 1. The summed E-state index contributed by atoms with van der Waals surface area (Å²) in [4.78, 5) is 41.5. The minimum absolute atomic E-state index is 0.146. The number of hydrogen-bond acceptors (Lipinski definition) is 5. The first-order chi connectivity index (χ1) is 12.7. The van der Waals surface area contributed by atoms with E-state index in [1.807, 2.05) is 6.92 Å². The van der Waals surface area contributed by atoms with Crippen molar-refractivity contribution in [2.24, 2.45) is 17.8 Å². The van der Waals surface area contributed by atoms with Crippen LogP contribution in [0.25, 0.3) is 0 Å². The van der Waals surface area contributed by atoms with Crippen molar-refractivity contribution in [1.29, 1.82) is 0 Å². The Bertz CT molecular complexity index is 753. The molecule has 2 fully saturated rings. The Morgan fingerprint density at radius 2 is 1.81 bits per heavy atom. The van der Waals surface area contributed by atoms with Gasteiger partial charge in [-0.3, -0.25) is 14.4 Å². The largest absolute Gasteiger partial charge is 0.433 e. The number of ketones is 3. The maximum Gasteiger partial charge on any atom is 0.433 e. The molecule has 0 N–H and O–H groups in total. The third kappa shape index (κ3) is 3.81. The summed E-state index contributed by atoms with van der Waals surface area (Å²) in [5.41, 5.74) is -1.48. The van der Waals surface area contributed by atoms with Gasteiger partial charge in [0.15, 0.2) is 17.3 Å². The van der Waals surface area contributed by atoms with Crippen molar-refractivity contribution in [2.75, 3.05) is 6.61 Å². The van der Waals surface area contributed by atoms with Crippen LogP contribution in [0.1, 0.15) is 54.4 Å². The lowest BCUT2D eigenvalue weighted by Gasteiger charge is -2.25. The summed E-state index contributed by atoms with van der Waals surface area (Å²) in [5.74, 6) is -3.66. The molecule has 8 heteroatoms. The smallest absolute Gasteiger partial charge is 0.375 e. The van der Waals surface area contributed by atoms with E-state index < -0.39 is 35.1 Å². The van der Waals surface area contributed by atoms with Gasteiger partial charge in [-0.2, -0.15) is 13.2 Å². The lowest BCUT2D eigenvalue weighted by atomic mass is 9.75. The fourth-order valence-electron chi connectivity index (χ4n) is 3.83. The van der Waals surface area contributed by atoms with E-state index in [-0.39, 0.29) is 36.3 Å². The van der Waals surface area contributed by atoms with Gasteiger partial charge in [-0.25, -0.2) is 4.98 Å². The highest BCUT2D eigenvalue weighted by Gasteiger charge is 2.50. The molecule has 3 rings (SSSR count). The van der Waals surface area contributed by atoms with Crippen LogP contribution >= 0.6 is 0 Å². The molecule has 0 saturated heterocycles. The zero-order chi connectivity index (χ0) is 19.8. The average molecular weight is 383 g/mol. The summed E-state index contributed by atoms with van der Waals surface area (Å²) in [6.45, 7) is 1.83. The second-order valence-corrected chi connectivity index (χ2v) is 7.05. The van der Waals surface area contributed by atoms with Gasteiger partial charge in [-0.1, -0.05) is 6.92 Å². The number of pyridine rings is 1. The molecule has 2 aliphatic carbocycles. The molecule has 2 bridgehead atoms. The highest BCUT2D eigenvalue weighted by atomic mass is 19.4. The van der Waals surface area contributed by atoms with Gasteiger partial charge in [0.1, 0.15) is 11.6 Å². The molecular weight excluding hydrogens is 363 g/mol. The van der Waals surface area contributed by atoms with Gasteiger partial charge >= 0.3 is 6.18 Å². The normalized spacial score (nSPS) is 25.1. The molecule has 1 aromatic rings. The monoisotopic (exact) mass is 383 g/mol. The number of carbonyl (C=O) groups is 3. The molecule has 0 aromatic carbocycles. The Morgan fingerprint density at radius 1 is 1.19 bits per heavy atom. The van der Waals surface area contributed by atoms with Crippen molar-refractivity contribution in [3.05, 3.63) is 29.1 Å². The fraction of sp³-hybridized carbons (Fsp3) is 0.579. The minimum Gasteiger partial charge on any atom is -0.375 e. The second kappa shape index (κ2) is 7.50. The highest BCUT2D eigenvalue weighted by Crippen LogP contribution is 2.41. The van der Waals surface area contributed by atoms with Crippen molar-refractivity contribution >= 4 is 17.3 Å². The first-order valence-electron chi connectivity index (χ1n) is 9.00. The van der Waals surface area contributed by atoms with Crippen LogP contribution in [0.2, 0.25) is 0 Å². The Kier molecular flexibility index (Phi) is 5.46. The molecule has 0 amide bonds. The SMILES string of the molecule is CCCOCc1nc(C(F)(F)F)ccc1C(=O)C1C(=O)C2CCC(C2)C1=O. The van der Waals surface area contributed by atoms with Gasteiger partial charge in [-0.15, -0.1) is 0 Å². The Balaban J connectivity index is 1.95. The molecule has 1 aromatic heterocycles. The molecule has 27 heavy (non-hydrogen) atoms. The number of hydrogen-bond donors (Lipinski definition) is 0. The van der Waals surface area contributed by atoms with Gasteiger partial charge in [0.2, 0.25) is 0 Å². The third-order valence-electron chi connectivity index (χ3n) is 5.19. The first-order valence-corrected chi connectivity index (χ1v) is 9.00.